The fourth-order valence-corrected chi connectivity index (χ4v) is 3.47. The molecule has 0 saturated heterocycles. The molecule has 0 aliphatic rings. The molecule has 1 N–H and O–H groups in total. The first-order valence-electron chi connectivity index (χ1n) is 9.23. The molecule has 0 aliphatic carbocycles. The third-order valence-electron chi connectivity index (χ3n) is 4.95. The second-order valence-corrected chi connectivity index (χ2v) is 6.71. The molecule has 0 fully saturated rings. The first-order chi connectivity index (χ1) is 14.3. The summed E-state index contributed by atoms with van der Waals surface area (Å²) in [5, 5.41) is 14.3. The summed E-state index contributed by atoms with van der Waals surface area (Å²) >= 11 is 0. The minimum absolute atomic E-state index is 0.507. The molecule has 2 heterocycles. The van der Waals surface area contributed by atoms with E-state index in [-0.39, 0.29) is 0 Å². The van der Waals surface area contributed by atoms with Gasteiger partial charge in [-0.2, -0.15) is 5.21 Å². The molecule has 0 unspecified atom stereocenters. The Morgan fingerprint density at radius 3 is 2.59 bits per heavy atom. The Morgan fingerprint density at radius 1 is 0.966 bits per heavy atom. The largest absolute Gasteiger partial charge is 0.496 e. The van der Waals surface area contributed by atoms with Gasteiger partial charge < -0.3 is 9.30 Å². The Bertz CT molecular complexity index is 1260. The molecular weight excluding hydrogens is 364 g/mol. The van der Waals surface area contributed by atoms with Crippen molar-refractivity contribution in [3.63, 3.8) is 0 Å². The van der Waals surface area contributed by atoms with Gasteiger partial charge >= 0.3 is 0 Å². The summed E-state index contributed by atoms with van der Waals surface area (Å²) in [5.74, 6) is 1.21. The average molecular weight is 382 g/mol. The molecule has 0 atom stereocenters. The quantitative estimate of drug-likeness (QED) is 0.498. The molecule has 142 valence electrons. The van der Waals surface area contributed by atoms with Gasteiger partial charge in [-0.25, -0.2) is 4.98 Å². The van der Waals surface area contributed by atoms with E-state index >= 15 is 0 Å². The van der Waals surface area contributed by atoms with Crippen LogP contribution in [0, 0.1) is 0 Å². The number of H-pyrrole nitrogens is 1. The fraction of sp³-hybridized carbons (Fsp3) is 0.0909. The molecule has 7 heteroatoms. The first-order valence-corrected chi connectivity index (χ1v) is 9.23. The zero-order chi connectivity index (χ0) is 19.6. The van der Waals surface area contributed by atoms with E-state index in [1.165, 1.54) is 5.56 Å². The van der Waals surface area contributed by atoms with E-state index in [4.69, 9.17) is 4.74 Å². The number of aromatic nitrogens is 6. The van der Waals surface area contributed by atoms with Crippen LogP contribution in [-0.4, -0.2) is 37.3 Å². The van der Waals surface area contributed by atoms with Crippen LogP contribution in [-0.2, 0) is 6.54 Å². The van der Waals surface area contributed by atoms with E-state index in [9.17, 15) is 0 Å². The van der Waals surface area contributed by atoms with Gasteiger partial charge in [0.15, 0.2) is 0 Å². The summed E-state index contributed by atoms with van der Waals surface area (Å²) in [6.45, 7) is 0.775. The van der Waals surface area contributed by atoms with Crippen LogP contribution in [0.3, 0.4) is 0 Å². The number of fused-ring (bicyclic) bond motifs is 1. The number of tetrazole rings is 1. The van der Waals surface area contributed by atoms with Crippen molar-refractivity contribution in [1.82, 2.24) is 30.2 Å². The summed E-state index contributed by atoms with van der Waals surface area (Å²) in [4.78, 5) is 4.46. The highest BCUT2D eigenvalue weighted by molar-refractivity contribution is 5.76. The molecule has 0 saturated carbocycles. The fourth-order valence-electron chi connectivity index (χ4n) is 3.47. The molecule has 5 aromatic rings. The number of ether oxygens (including phenoxy) is 1. The molecule has 7 nitrogen and oxygen atoms in total. The molecular formula is C22H18N6O. The summed E-state index contributed by atoms with van der Waals surface area (Å²) < 4.78 is 7.60. The van der Waals surface area contributed by atoms with Gasteiger partial charge in [0, 0.05) is 6.54 Å². The van der Waals surface area contributed by atoms with Gasteiger partial charge in [0.1, 0.15) is 5.75 Å². The van der Waals surface area contributed by atoms with Gasteiger partial charge in [-0.3, -0.25) is 0 Å². The van der Waals surface area contributed by atoms with Crippen molar-refractivity contribution in [2.45, 2.75) is 6.54 Å². The Kier molecular flexibility index (Phi) is 4.25. The Balaban J connectivity index is 1.44. The predicted octanol–water partition coefficient (Wildman–Crippen LogP) is 3.94. The van der Waals surface area contributed by atoms with Crippen LogP contribution in [0.15, 0.2) is 73.1 Å². The summed E-state index contributed by atoms with van der Waals surface area (Å²) in [5.41, 5.74) is 6.33. The summed E-state index contributed by atoms with van der Waals surface area (Å²) in [6, 6.07) is 22.7. The monoisotopic (exact) mass is 382 g/mol. The average Bonchev–Trinajstić information content (AvgIpc) is 3.45. The van der Waals surface area contributed by atoms with Crippen molar-refractivity contribution in [2.24, 2.45) is 0 Å². The molecule has 3 aromatic carbocycles. The van der Waals surface area contributed by atoms with Crippen molar-refractivity contribution in [1.29, 1.82) is 0 Å². The number of para-hydroxylation sites is 2. The van der Waals surface area contributed by atoms with Crippen molar-refractivity contribution >= 4 is 11.0 Å². The van der Waals surface area contributed by atoms with Crippen molar-refractivity contribution in [3.8, 4) is 28.3 Å². The Hall–Kier alpha value is -4.00. The highest BCUT2D eigenvalue weighted by Crippen LogP contribution is 2.32. The van der Waals surface area contributed by atoms with Crippen LogP contribution < -0.4 is 4.74 Å². The molecule has 5 rings (SSSR count). The highest BCUT2D eigenvalue weighted by Gasteiger charge is 2.12. The maximum absolute atomic E-state index is 5.44. The number of benzene rings is 3. The number of nitrogens with zero attached hydrogens (tertiary/aromatic N) is 5. The molecule has 0 bridgehead atoms. The number of methoxy groups -OCH3 is 1. The highest BCUT2D eigenvalue weighted by atomic mass is 16.5. The summed E-state index contributed by atoms with van der Waals surface area (Å²) in [7, 11) is 1.63. The maximum Gasteiger partial charge on any atom is 0.208 e. The topological polar surface area (TPSA) is 81.5 Å². The van der Waals surface area contributed by atoms with Crippen LogP contribution in [0.1, 0.15) is 5.56 Å². The predicted molar refractivity (Wildman–Crippen MR) is 110 cm³/mol. The molecule has 2 aromatic heterocycles. The van der Waals surface area contributed by atoms with Crippen molar-refractivity contribution in [2.75, 3.05) is 7.11 Å². The van der Waals surface area contributed by atoms with Crippen LogP contribution in [0.2, 0.25) is 0 Å². The lowest BCUT2D eigenvalue weighted by Gasteiger charge is -2.10. The van der Waals surface area contributed by atoms with E-state index in [0.717, 1.165) is 34.3 Å². The zero-order valence-corrected chi connectivity index (χ0v) is 15.8. The molecule has 0 radical (unpaired) electrons. The van der Waals surface area contributed by atoms with Gasteiger partial charge in [0.2, 0.25) is 5.82 Å². The lowest BCUT2D eigenvalue weighted by Crippen LogP contribution is -1.97. The third kappa shape index (κ3) is 3.23. The van der Waals surface area contributed by atoms with Gasteiger partial charge in [-0.05, 0) is 46.2 Å². The van der Waals surface area contributed by atoms with Crippen LogP contribution in [0.25, 0.3) is 33.5 Å². The van der Waals surface area contributed by atoms with Gasteiger partial charge in [0.05, 0.1) is 30.0 Å². The standard InChI is InChI=1S/C22H18N6O/c1-29-21-11-10-17(12-18(21)22-24-26-27-25-22)16-8-6-15(7-9-16)13-28-14-23-19-4-2-3-5-20(19)28/h2-12,14H,13H2,1H3,(H,24,25,26,27). The first kappa shape index (κ1) is 17.1. The summed E-state index contributed by atoms with van der Waals surface area (Å²) in [6.07, 6.45) is 1.89. The molecule has 0 aliphatic heterocycles. The zero-order valence-electron chi connectivity index (χ0n) is 15.8. The van der Waals surface area contributed by atoms with Gasteiger partial charge in [-0.15, -0.1) is 10.2 Å². The minimum atomic E-state index is 0.507. The third-order valence-corrected chi connectivity index (χ3v) is 4.95. The molecule has 0 amide bonds. The molecule has 0 spiro atoms. The van der Waals surface area contributed by atoms with Crippen LogP contribution in [0.5, 0.6) is 5.75 Å². The lowest BCUT2D eigenvalue weighted by atomic mass is 10.0. The maximum atomic E-state index is 5.44. The smallest absolute Gasteiger partial charge is 0.208 e. The second kappa shape index (κ2) is 7.20. The number of nitrogens with one attached hydrogen (secondary N) is 1. The molecule has 29 heavy (non-hydrogen) atoms. The van der Waals surface area contributed by atoms with Gasteiger partial charge in [-0.1, -0.05) is 42.5 Å². The van der Waals surface area contributed by atoms with Gasteiger partial charge in [0.25, 0.3) is 0 Å². The number of imidazole rings is 1. The Morgan fingerprint density at radius 2 is 1.79 bits per heavy atom. The minimum Gasteiger partial charge on any atom is -0.496 e. The number of aromatic amines is 1. The number of hydrogen-bond donors (Lipinski definition) is 1. The number of rotatable bonds is 5. The van der Waals surface area contributed by atoms with Crippen LogP contribution in [0.4, 0.5) is 0 Å². The van der Waals surface area contributed by atoms with Crippen LogP contribution >= 0.6 is 0 Å². The van der Waals surface area contributed by atoms with Crippen molar-refractivity contribution in [3.05, 3.63) is 78.6 Å². The van der Waals surface area contributed by atoms with E-state index in [2.05, 4.69) is 60.5 Å². The second-order valence-electron chi connectivity index (χ2n) is 6.71. The van der Waals surface area contributed by atoms with Crippen molar-refractivity contribution < 1.29 is 4.74 Å². The SMILES string of the molecule is COc1ccc(-c2ccc(Cn3cnc4ccccc43)cc2)cc1-c1nn[nH]n1. The van der Waals surface area contributed by atoms with E-state index in [0.29, 0.717) is 11.6 Å². The Labute approximate surface area is 167 Å². The van der Waals surface area contributed by atoms with E-state index in [1.54, 1.807) is 7.11 Å². The normalized spacial score (nSPS) is 11.1. The number of hydrogen-bond acceptors (Lipinski definition) is 5. The lowest BCUT2D eigenvalue weighted by molar-refractivity contribution is 0.416. The van der Waals surface area contributed by atoms with E-state index < -0.39 is 0 Å². The van der Waals surface area contributed by atoms with E-state index in [1.807, 2.05) is 42.7 Å².